The van der Waals surface area contributed by atoms with Crippen molar-refractivity contribution in [3.8, 4) is 0 Å². The first kappa shape index (κ1) is 22.4. The number of carbonyl (C=O) groups is 1. The third kappa shape index (κ3) is 6.60. The van der Waals surface area contributed by atoms with Gasteiger partial charge in [-0.3, -0.25) is 4.79 Å². The van der Waals surface area contributed by atoms with Gasteiger partial charge in [0.05, 0.1) is 17.5 Å². The van der Waals surface area contributed by atoms with Crippen LogP contribution < -0.4 is 5.32 Å². The molecular formula is C25H32ClN3O. The van der Waals surface area contributed by atoms with Crippen LogP contribution in [-0.2, 0) is 24.2 Å². The normalized spacial score (nSPS) is 11.1. The van der Waals surface area contributed by atoms with Crippen molar-refractivity contribution in [3.63, 3.8) is 0 Å². The van der Waals surface area contributed by atoms with Crippen LogP contribution in [0.1, 0.15) is 56.8 Å². The van der Waals surface area contributed by atoms with Gasteiger partial charge in [0.1, 0.15) is 5.82 Å². The molecule has 3 rings (SSSR count). The van der Waals surface area contributed by atoms with E-state index in [4.69, 9.17) is 16.6 Å². The average Bonchev–Trinajstić information content (AvgIpc) is 3.10. The fourth-order valence-corrected chi connectivity index (χ4v) is 3.87. The lowest BCUT2D eigenvalue weighted by Gasteiger charge is -2.09. The second kappa shape index (κ2) is 11.8. The first-order chi connectivity index (χ1) is 14.7. The molecule has 0 fully saturated rings. The summed E-state index contributed by atoms with van der Waals surface area (Å²) < 4.78 is 2.40. The number of aryl methyl sites for hydroxylation is 2. The Labute approximate surface area is 184 Å². The van der Waals surface area contributed by atoms with Crippen LogP contribution in [0.5, 0.6) is 0 Å². The van der Waals surface area contributed by atoms with Crippen molar-refractivity contribution < 1.29 is 4.79 Å². The number of halogens is 1. The number of aromatic nitrogens is 2. The second-order valence-corrected chi connectivity index (χ2v) is 8.28. The minimum absolute atomic E-state index is 0.0649. The van der Waals surface area contributed by atoms with Gasteiger partial charge in [0.15, 0.2) is 0 Å². The second-order valence-electron chi connectivity index (χ2n) is 7.84. The third-order valence-corrected chi connectivity index (χ3v) is 5.65. The molecule has 1 N–H and O–H groups in total. The maximum atomic E-state index is 12.1. The Morgan fingerprint density at radius 3 is 2.60 bits per heavy atom. The van der Waals surface area contributed by atoms with Crippen LogP contribution in [0, 0.1) is 0 Å². The zero-order chi connectivity index (χ0) is 21.2. The van der Waals surface area contributed by atoms with E-state index in [0.717, 1.165) is 49.9 Å². The van der Waals surface area contributed by atoms with Crippen LogP contribution in [0.3, 0.4) is 0 Å². The van der Waals surface area contributed by atoms with Crippen molar-refractivity contribution in [2.75, 3.05) is 6.54 Å². The summed E-state index contributed by atoms with van der Waals surface area (Å²) in [6.07, 6.45) is 8.22. The molecule has 0 aliphatic rings. The number of hydrogen-bond acceptors (Lipinski definition) is 2. The van der Waals surface area contributed by atoms with Gasteiger partial charge in [-0.15, -0.1) is 0 Å². The molecule has 0 spiro atoms. The van der Waals surface area contributed by atoms with E-state index in [0.29, 0.717) is 11.4 Å². The Bertz CT molecular complexity index is 933. The number of nitrogens with one attached hydrogen (secondary N) is 1. The quantitative estimate of drug-likeness (QED) is 0.364. The van der Waals surface area contributed by atoms with Gasteiger partial charge >= 0.3 is 0 Å². The van der Waals surface area contributed by atoms with Gasteiger partial charge in [-0.1, -0.05) is 62.1 Å². The van der Waals surface area contributed by atoms with Gasteiger partial charge in [0.25, 0.3) is 0 Å². The molecule has 0 atom stereocenters. The molecule has 0 saturated heterocycles. The monoisotopic (exact) mass is 425 g/mol. The number of unbranched alkanes of at least 4 members (excludes halogenated alkanes) is 4. The van der Waals surface area contributed by atoms with Gasteiger partial charge in [0, 0.05) is 24.5 Å². The highest BCUT2D eigenvalue weighted by Crippen LogP contribution is 2.19. The molecule has 2 aromatic carbocycles. The van der Waals surface area contributed by atoms with Crippen molar-refractivity contribution in [1.29, 1.82) is 0 Å². The van der Waals surface area contributed by atoms with E-state index < -0.39 is 0 Å². The number of benzene rings is 2. The van der Waals surface area contributed by atoms with E-state index in [1.807, 2.05) is 24.3 Å². The molecule has 1 amide bonds. The van der Waals surface area contributed by atoms with Gasteiger partial charge in [-0.25, -0.2) is 4.98 Å². The molecule has 4 nitrogen and oxygen atoms in total. The van der Waals surface area contributed by atoms with Crippen molar-refractivity contribution in [2.24, 2.45) is 0 Å². The number of imidazole rings is 1. The van der Waals surface area contributed by atoms with Crippen molar-refractivity contribution in [2.45, 2.75) is 64.8 Å². The Morgan fingerprint density at radius 1 is 1.00 bits per heavy atom. The summed E-state index contributed by atoms with van der Waals surface area (Å²) in [5.41, 5.74) is 3.33. The van der Waals surface area contributed by atoms with E-state index in [1.165, 1.54) is 30.6 Å². The standard InChI is InChI=1S/C25H32ClN3O/c1-2-3-9-18-29-23-11-7-6-10-22(23)28-24(29)12-5-4-8-17-27-25(30)19-20-13-15-21(26)16-14-20/h6-7,10-11,13-16H,2-5,8-9,12,17-19H2,1H3,(H,27,30). The molecule has 0 aliphatic heterocycles. The van der Waals surface area contributed by atoms with Crippen LogP contribution in [0.2, 0.25) is 5.02 Å². The molecule has 30 heavy (non-hydrogen) atoms. The summed E-state index contributed by atoms with van der Waals surface area (Å²) in [4.78, 5) is 16.9. The molecule has 0 bridgehead atoms. The first-order valence-electron chi connectivity index (χ1n) is 11.1. The van der Waals surface area contributed by atoms with E-state index >= 15 is 0 Å². The molecule has 0 radical (unpaired) electrons. The maximum absolute atomic E-state index is 12.1. The number of amides is 1. The number of carbonyl (C=O) groups excluding carboxylic acids is 1. The summed E-state index contributed by atoms with van der Waals surface area (Å²) in [5, 5.41) is 3.71. The summed E-state index contributed by atoms with van der Waals surface area (Å²) in [6, 6.07) is 15.9. The predicted octanol–water partition coefficient (Wildman–Crippen LogP) is 5.95. The minimum Gasteiger partial charge on any atom is -0.356 e. The molecule has 0 aliphatic carbocycles. The number of para-hydroxylation sites is 2. The number of hydrogen-bond donors (Lipinski definition) is 1. The van der Waals surface area contributed by atoms with Crippen LogP contribution in [0.25, 0.3) is 11.0 Å². The highest BCUT2D eigenvalue weighted by Gasteiger charge is 2.10. The molecule has 5 heteroatoms. The highest BCUT2D eigenvalue weighted by molar-refractivity contribution is 6.30. The molecule has 3 aromatic rings. The van der Waals surface area contributed by atoms with Gasteiger partial charge in [-0.05, 0) is 49.1 Å². The van der Waals surface area contributed by atoms with E-state index in [2.05, 4.69) is 41.1 Å². The van der Waals surface area contributed by atoms with E-state index in [9.17, 15) is 4.79 Å². The summed E-state index contributed by atoms with van der Waals surface area (Å²) in [7, 11) is 0. The molecule has 1 heterocycles. The zero-order valence-corrected chi connectivity index (χ0v) is 18.6. The smallest absolute Gasteiger partial charge is 0.224 e. The van der Waals surface area contributed by atoms with Crippen LogP contribution in [0.15, 0.2) is 48.5 Å². The van der Waals surface area contributed by atoms with Crippen molar-refractivity contribution in [3.05, 3.63) is 64.9 Å². The molecule has 0 saturated carbocycles. The van der Waals surface area contributed by atoms with Crippen LogP contribution in [-0.4, -0.2) is 22.0 Å². The summed E-state index contributed by atoms with van der Waals surface area (Å²) in [5.74, 6) is 1.26. The summed E-state index contributed by atoms with van der Waals surface area (Å²) >= 11 is 5.88. The number of fused-ring (bicyclic) bond motifs is 1. The molecule has 1 aromatic heterocycles. The molecule has 0 unspecified atom stereocenters. The van der Waals surface area contributed by atoms with Crippen LogP contribution >= 0.6 is 11.6 Å². The number of rotatable bonds is 12. The predicted molar refractivity (Wildman–Crippen MR) is 125 cm³/mol. The molecular weight excluding hydrogens is 394 g/mol. The Hall–Kier alpha value is -2.33. The SMILES string of the molecule is CCCCCn1c(CCCCCNC(=O)Cc2ccc(Cl)cc2)nc2ccccc21. The van der Waals surface area contributed by atoms with Gasteiger partial charge in [-0.2, -0.15) is 0 Å². The lowest BCUT2D eigenvalue weighted by molar-refractivity contribution is -0.120. The first-order valence-corrected chi connectivity index (χ1v) is 11.5. The van der Waals surface area contributed by atoms with Crippen molar-refractivity contribution >= 4 is 28.5 Å². The Morgan fingerprint density at radius 2 is 1.80 bits per heavy atom. The Balaban J connectivity index is 1.40. The van der Waals surface area contributed by atoms with Crippen molar-refractivity contribution in [1.82, 2.24) is 14.9 Å². The summed E-state index contributed by atoms with van der Waals surface area (Å²) in [6.45, 7) is 4.00. The fourth-order valence-electron chi connectivity index (χ4n) is 3.75. The third-order valence-electron chi connectivity index (χ3n) is 5.40. The highest BCUT2D eigenvalue weighted by atomic mass is 35.5. The maximum Gasteiger partial charge on any atom is 0.224 e. The number of nitrogens with zero attached hydrogens (tertiary/aromatic N) is 2. The van der Waals surface area contributed by atoms with E-state index in [1.54, 1.807) is 0 Å². The zero-order valence-electron chi connectivity index (χ0n) is 17.9. The van der Waals surface area contributed by atoms with Gasteiger partial charge < -0.3 is 9.88 Å². The van der Waals surface area contributed by atoms with Gasteiger partial charge in [0.2, 0.25) is 5.91 Å². The Kier molecular flexibility index (Phi) is 8.76. The lowest BCUT2D eigenvalue weighted by atomic mass is 10.1. The fraction of sp³-hybridized carbons (Fsp3) is 0.440. The van der Waals surface area contributed by atoms with E-state index in [-0.39, 0.29) is 5.91 Å². The minimum atomic E-state index is 0.0649. The average molecular weight is 426 g/mol. The lowest BCUT2D eigenvalue weighted by Crippen LogP contribution is -2.26. The largest absolute Gasteiger partial charge is 0.356 e. The molecule has 160 valence electrons. The van der Waals surface area contributed by atoms with Crippen LogP contribution in [0.4, 0.5) is 0 Å². The topological polar surface area (TPSA) is 46.9 Å².